The van der Waals surface area contributed by atoms with Gasteiger partial charge >= 0.3 is 0 Å². The maximum Gasteiger partial charge on any atom is 0.262 e. The molecule has 0 fully saturated rings. The van der Waals surface area contributed by atoms with Gasteiger partial charge in [0.05, 0.1) is 11.3 Å². The van der Waals surface area contributed by atoms with Gasteiger partial charge in [0.15, 0.2) is 6.61 Å². The topological polar surface area (TPSA) is 81.4 Å². The van der Waals surface area contributed by atoms with Crippen molar-refractivity contribution >= 4 is 17.5 Å². The molecule has 27 heavy (non-hydrogen) atoms. The third kappa shape index (κ3) is 4.73. The molecule has 5 nitrogen and oxygen atoms in total. The first-order valence-electron chi connectivity index (χ1n) is 8.51. The molecule has 0 spiro atoms. The standard InChI is InChI=1S/C22H20N2O3/c1-15-6-8-16(9-7-15)17-10-12-18(13-11-17)27-14-21(25)24-20-5-3-2-4-19(20)22(23)26/h2-13H,14H2,1H3,(H2,23,26)(H,24,25). The van der Waals surface area contributed by atoms with Gasteiger partial charge in [-0.1, -0.05) is 54.1 Å². The van der Waals surface area contributed by atoms with E-state index in [-0.39, 0.29) is 18.1 Å². The van der Waals surface area contributed by atoms with Crippen molar-refractivity contribution in [1.29, 1.82) is 0 Å². The van der Waals surface area contributed by atoms with Gasteiger partial charge in [-0.25, -0.2) is 0 Å². The number of rotatable bonds is 6. The van der Waals surface area contributed by atoms with Gasteiger partial charge in [-0.15, -0.1) is 0 Å². The van der Waals surface area contributed by atoms with Crippen LogP contribution in [0.2, 0.25) is 0 Å². The van der Waals surface area contributed by atoms with Crippen molar-refractivity contribution in [3.8, 4) is 16.9 Å². The molecule has 0 radical (unpaired) electrons. The number of aryl methyl sites for hydroxylation is 1. The maximum absolute atomic E-state index is 12.1. The van der Waals surface area contributed by atoms with E-state index in [1.807, 2.05) is 31.2 Å². The second kappa shape index (κ2) is 8.19. The summed E-state index contributed by atoms with van der Waals surface area (Å²) in [5.74, 6) is -0.381. The van der Waals surface area contributed by atoms with Crippen molar-refractivity contribution in [2.75, 3.05) is 11.9 Å². The SMILES string of the molecule is Cc1ccc(-c2ccc(OCC(=O)Nc3ccccc3C(N)=O)cc2)cc1. The number of primary amides is 1. The zero-order valence-corrected chi connectivity index (χ0v) is 14.9. The van der Waals surface area contributed by atoms with Crippen molar-refractivity contribution in [2.24, 2.45) is 5.73 Å². The zero-order valence-electron chi connectivity index (χ0n) is 14.9. The first-order valence-corrected chi connectivity index (χ1v) is 8.51. The Bertz CT molecular complexity index is 948. The van der Waals surface area contributed by atoms with Crippen molar-refractivity contribution in [1.82, 2.24) is 0 Å². The van der Waals surface area contributed by atoms with E-state index in [4.69, 9.17) is 10.5 Å². The molecule has 0 aliphatic carbocycles. The Morgan fingerprint density at radius 2 is 1.48 bits per heavy atom. The van der Waals surface area contributed by atoms with Crippen LogP contribution in [0.5, 0.6) is 5.75 Å². The predicted octanol–water partition coefficient (Wildman–Crippen LogP) is 3.78. The minimum atomic E-state index is -0.599. The first-order chi connectivity index (χ1) is 13.0. The van der Waals surface area contributed by atoms with Crippen LogP contribution in [-0.4, -0.2) is 18.4 Å². The molecule has 0 bridgehead atoms. The fourth-order valence-electron chi connectivity index (χ4n) is 2.63. The Morgan fingerprint density at radius 1 is 0.889 bits per heavy atom. The van der Waals surface area contributed by atoms with Crippen LogP contribution in [0.25, 0.3) is 11.1 Å². The fourth-order valence-corrected chi connectivity index (χ4v) is 2.63. The molecule has 0 aliphatic heterocycles. The molecule has 3 N–H and O–H groups in total. The number of nitrogens with two attached hydrogens (primary N) is 1. The summed E-state index contributed by atoms with van der Waals surface area (Å²) in [6.45, 7) is 1.88. The third-order valence-electron chi connectivity index (χ3n) is 4.08. The summed E-state index contributed by atoms with van der Waals surface area (Å²) in [6.07, 6.45) is 0. The van der Waals surface area contributed by atoms with E-state index >= 15 is 0 Å². The number of hydrogen-bond donors (Lipinski definition) is 2. The third-order valence-corrected chi connectivity index (χ3v) is 4.08. The van der Waals surface area contributed by atoms with E-state index in [9.17, 15) is 9.59 Å². The second-order valence-corrected chi connectivity index (χ2v) is 6.14. The fraction of sp³-hybridized carbons (Fsp3) is 0.0909. The van der Waals surface area contributed by atoms with Crippen LogP contribution >= 0.6 is 0 Å². The van der Waals surface area contributed by atoms with Crippen LogP contribution < -0.4 is 15.8 Å². The molecule has 3 rings (SSSR count). The summed E-state index contributed by atoms with van der Waals surface area (Å²) < 4.78 is 5.52. The largest absolute Gasteiger partial charge is 0.484 e. The summed E-state index contributed by atoms with van der Waals surface area (Å²) in [5, 5.41) is 2.64. The van der Waals surface area contributed by atoms with Gasteiger partial charge in [0.2, 0.25) is 0 Å². The average molecular weight is 360 g/mol. The van der Waals surface area contributed by atoms with Gasteiger partial charge in [0.1, 0.15) is 5.75 Å². The average Bonchev–Trinajstić information content (AvgIpc) is 2.68. The number of para-hydroxylation sites is 1. The highest BCUT2D eigenvalue weighted by molar-refractivity contribution is 6.03. The van der Waals surface area contributed by atoms with Crippen molar-refractivity contribution < 1.29 is 14.3 Å². The van der Waals surface area contributed by atoms with Gasteiger partial charge < -0.3 is 15.8 Å². The predicted molar refractivity (Wildman–Crippen MR) is 106 cm³/mol. The maximum atomic E-state index is 12.1. The lowest BCUT2D eigenvalue weighted by atomic mass is 10.0. The van der Waals surface area contributed by atoms with Crippen LogP contribution in [-0.2, 0) is 4.79 Å². The highest BCUT2D eigenvalue weighted by Gasteiger charge is 2.10. The van der Waals surface area contributed by atoms with Crippen molar-refractivity contribution in [3.63, 3.8) is 0 Å². The number of benzene rings is 3. The summed E-state index contributed by atoms with van der Waals surface area (Å²) in [4.78, 5) is 23.5. The Labute approximate surface area is 157 Å². The van der Waals surface area contributed by atoms with E-state index in [2.05, 4.69) is 29.6 Å². The Kier molecular flexibility index (Phi) is 5.52. The van der Waals surface area contributed by atoms with Crippen molar-refractivity contribution in [3.05, 3.63) is 83.9 Å². The molecule has 2 amide bonds. The molecular weight excluding hydrogens is 340 g/mol. The van der Waals surface area contributed by atoms with E-state index in [0.717, 1.165) is 11.1 Å². The smallest absolute Gasteiger partial charge is 0.262 e. The molecule has 0 saturated carbocycles. The molecule has 0 atom stereocenters. The Morgan fingerprint density at radius 3 is 2.11 bits per heavy atom. The Balaban J connectivity index is 1.59. The van der Waals surface area contributed by atoms with Crippen LogP contribution in [0.4, 0.5) is 5.69 Å². The quantitative estimate of drug-likeness (QED) is 0.702. The summed E-state index contributed by atoms with van der Waals surface area (Å²) in [5.41, 5.74) is 9.33. The lowest BCUT2D eigenvalue weighted by molar-refractivity contribution is -0.118. The van der Waals surface area contributed by atoms with Crippen LogP contribution in [0.3, 0.4) is 0 Å². The molecular formula is C22H20N2O3. The van der Waals surface area contributed by atoms with Gasteiger partial charge in [0, 0.05) is 0 Å². The first kappa shape index (κ1) is 18.2. The minimum absolute atomic E-state index is 0.170. The van der Waals surface area contributed by atoms with Crippen LogP contribution in [0, 0.1) is 6.92 Å². The number of carbonyl (C=O) groups is 2. The second-order valence-electron chi connectivity index (χ2n) is 6.14. The molecule has 0 aromatic heterocycles. The molecule has 0 saturated heterocycles. The molecule has 5 heteroatoms. The summed E-state index contributed by atoms with van der Waals surface area (Å²) in [6, 6.07) is 22.4. The zero-order chi connectivity index (χ0) is 19.2. The van der Waals surface area contributed by atoms with Gasteiger partial charge in [-0.3, -0.25) is 9.59 Å². The van der Waals surface area contributed by atoms with Crippen molar-refractivity contribution in [2.45, 2.75) is 6.92 Å². The molecule has 136 valence electrons. The van der Waals surface area contributed by atoms with E-state index in [1.54, 1.807) is 24.3 Å². The lowest BCUT2D eigenvalue weighted by Gasteiger charge is -2.10. The monoisotopic (exact) mass is 360 g/mol. The summed E-state index contributed by atoms with van der Waals surface area (Å²) in [7, 11) is 0. The van der Waals surface area contributed by atoms with Crippen LogP contribution in [0.15, 0.2) is 72.8 Å². The molecule has 3 aromatic carbocycles. The lowest BCUT2D eigenvalue weighted by Crippen LogP contribution is -2.22. The minimum Gasteiger partial charge on any atom is -0.484 e. The number of nitrogens with one attached hydrogen (secondary N) is 1. The number of amides is 2. The number of carbonyl (C=O) groups excluding carboxylic acids is 2. The normalized spacial score (nSPS) is 10.3. The molecule has 0 heterocycles. The molecule has 0 unspecified atom stereocenters. The highest BCUT2D eigenvalue weighted by Crippen LogP contribution is 2.23. The summed E-state index contributed by atoms with van der Waals surface area (Å²) >= 11 is 0. The highest BCUT2D eigenvalue weighted by atomic mass is 16.5. The molecule has 3 aromatic rings. The van der Waals surface area contributed by atoms with Gasteiger partial charge in [-0.2, -0.15) is 0 Å². The number of anilines is 1. The Hall–Kier alpha value is -3.60. The van der Waals surface area contributed by atoms with Gasteiger partial charge in [-0.05, 0) is 42.3 Å². The van der Waals surface area contributed by atoms with E-state index in [1.165, 1.54) is 5.56 Å². The number of hydrogen-bond acceptors (Lipinski definition) is 3. The van der Waals surface area contributed by atoms with E-state index < -0.39 is 5.91 Å². The van der Waals surface area contributed by atoms with Gasteiger partial charge in [0.25, 0.3) is 11.8 Å². The molecule has 0 aliphatic rings. The van der Waals surface area contributed by atoms with Crippen LogP contribution in [0.1, 0.15) is 15.9 Å². The number of ether oxygens (including phenoxy) is 1. The van der Waals surface area contributed by atoms with E-state index in [0.29, 0.717) is 11.4 Å².